The molecule has 2 amide bonds. The van der Waals surface area contributed by atoms with E-state index in [1.807, 2.05) is 41.5 Å². The molecule has 0 bridgehead atoms. The second kappa shape index (κ2) is 5.52. The van der Waals surface area contributed by atoms with E-state index in [0.29, 0.717) is 0 Å². The molecule has 17 heavy (non-hydrogen) atoms. The van der Waals surface area contributed by atoms with Crippen molar-refractivity contribution in [2.24, 2.45) is 5.41 Å². The molecule has 0 heterocycles. The van der Waals surface area contributed by atoms with Crippen molar-refractivity contribution < 1.29 is 9.59 Å². The highest BCUT2D eigenvalue weighted by molar-refractivity contribution is 5.89. The van der Waals surface area contributed by atoms with Crippen LogP contribution in [-0.2, 0) is 9.59 Å². The molecular formula is C13H26N2O2. The van der Waals surface area contributed by atoms with E-state index in [2.05, 4.69) is 10.6 Å². The van der Waals surface area contributed by atoms with Crippen molar-refractivity contribution in [2.75, 3.05) is 0 Å². The first kappa shape index (κ1) is 15.9. The lowest BCUT2D eigenvalue weighted by Crippen LogP contribution is -2.53. The van der Waals surface area contributed by atoms with Crippen molar-refractivity contribution in [2.45, 2.75) is 66.5 Å². The summed E-state index contributed by atoms with van der Waals surface area (Å²) >= 11 is 0. The molecule has 4 nitrogen and oxygen atoms in total. The molecule has 0 aromatic carbocycles. The van der Waals surface area contributed by atoms with Gasteiger partial charge in [0, 0.05) is 11.0 Å². The summed E-state index contributed by atoms with van der Waals surface area (Å²) in [5.74, 6) is -0.260. The zero-order valence-electron chi connectivity index (χ0n) is 12.1. The molecule has 0 rings (SSSR count). The zero-order chi connectivity index (χ0) is 13.9. The maximum absolute atomic E-state index is 11.9. The van der Waals surface area contributed by atoms with Crippen LogP contribution in [0.25, 0.3) is 0 Å². The molecule has 1 atom stereocenters. The summed E-state index contributed by atoms with van der Waals surface area (Å²) in [6, 6.07) is -0.507. The van der Waals surface area contributed by atoms with Crippen LogP contribution in [0.5, 0.6) is 0 Å². The first-order chi connectivity index (χ1) is 7.49. The Balaban J connectivity index is 4.39. The number of carbonyl (C=O) groups excluding carboxylic acids is 2. The minimum Gasteiger partial charge on any atom is -0.349 e. The van der Waals surface area contributed by atoms with Gasteiger partial charge in [-0.3, -0.25) is 9.59 Å². The van der Waals surface area contributed by atoms with Crippen molar-refractivity contribution in [3.63, 3.8) is 0 Å². The Labute approximate surface area is 105 Å². The predicted octanol–water partition coefficient (Wildman–Crippen LogP) is 1.84. The largest absolute Gasteiger partial charge is 0.349 e. The lowest BCUT2D eigenvalue weighted by molar-refractivity contribution is -0.133. The molecule has 100 valence electrons. The zero-order valence-corrected chi connectivity index (χ0v) is 12.1. The molecule has 0 aromatic rings. The monoisotopic (exact) mass is 242 g/mol. The van der Waals surface area contributed by atoms with Gasteiger partial charge in [-0.25, -0.2) is 0 Å². The van der Waals surface area contributed by atoms with E-state index >= 15 is 0 Å². The molecule has 0 radical (unpaired) electrons. The second-order valence-electron chi connectivity index (χ2n) is 6.17. The van der Waals surface area contributed by atoms with E-state index in [1.165, 1.54) is 0 Å². The molecule has 4 heteroatoms. The Kier molecular flexibility index (Phi) is 5.17. The summed E-state index contributed by atoms with van der Waals surface area (Å²) < 4.78 is 0. The van der Waals surface area contributed by atoms with Crippen LogP contribution in [0, 0.1) is 5.41 Å². The third-order valence-corrected chi connectivity index (χ3v) is 2.77. The highest BCUT2D eigenvalue weighted by atomic mass is 16.2. The summed E-state index contributed by atoms with van der Waals surface area (Å²) in [7, 11) is 0. The first-order valence-corrected chi connectivity index (χ1v) is 6.12. The van der Waals surface area contributed by atoms with E-state index in [4.69, 9.17) is 0 Å². The van der Waals surface area contributed by atoms with Gasteiger partial charge >= 0.3 is 0 Å². The highest BCUT2D eigenvalue weighted by Gasteiger charge is 2.27. The molecule has 0 fully saturated rings. The Morgan fingerprint density at radius 2 is 1.59 bits per heavy atom. The lowest BCUT2D eigenvalue weighted by atomic mass is 9.95. The maximum Gasteiger partial charge on any atom is 0.242 e. The third-order valence-electron chi connectivity index (χ3n) is 2.77. The van der Waals surface area contributed by atoms with Gasteiger partial charge < -0.3 is 10.6 Å². The van der Waals surface area contributed by atoms with Crippen molar-refractivity contribution in [3.8, 4) is 0 Å². The standard InChI is InChI=1S/C13H26N2O2/c1-8-13(6,7)15-10(16)9(2)14-11(17)12(3,4)5/h9H,8H2,1-7H3,(H,14,17)(H,15,16). The van der Waals surface area contributed by atoms with Gasteiger partial charge in [0.2, 0.25) is 11.8 Å². The average molecular weight is 242 g/mol. The fraction of sp³-hybridized carbons (Fsp3) is 0.846. The molecule has 1 unspecified atom stereocenters. The lowest BCUT2D eigenvalue weighted by Gasteiger charge is -2.28. The van der Waals surface area contributed by atoms with Crippen LogP contribution in [0.3, 0.4) is 0 Å². The Morgan fingerprint density at radius 3 is 1.94 bits per heavy atom. The number of amides is 2. The number of hydrogen-bond donors (Lipinski definition) is 2. The second-order valence-corrected chi connectivity index (χ2v) is 6.17. The number of hydrogen-bond acceptors (Lipinski definition) is 2. The highest BCUT2D eigenvalue weighted by Crippen LogP contribution is 2.13. The van der Waals surface area contributed by atoms with Crippen LogP contribution in [0.4, 0.5) is 0 Å². The third kappa shape index (κ3) is 5.71. The Hall–Kier alpha value is -1.06. The van der Waals surface area contributed by atoms with Crippen LogP contribution in [-0.4, -0.2) is 23.4 Å². The van der Waals surface area contributed by atoms with Crippen molar-refractivity contribution in [1.29, 1.82) is 0 Å². The van der Waals surface area contributed by atoms with Gasteiger partial charge in [0.1, 0.15) is 6.04 Å². The number of rotatable bonds is 4. The van der Waals surface area contributed by atoms with Crippen molar-refractivity contribution in [3.05, 3.63) is 0 Å². The predicted molar refractivity (Wildman–Crippen MR) is 69.6 cm³/mol. The number of carbonyl (C=O) groups is 2. The van der Waals surface area contributed by atoms with Gasteiger partial charge in [-0.2, -0.15) is 0 Å². The molecule has 0 aromatic heterocycles. The van der Waals surface area contributed by atoms with Crippen LogP contribution in [0.15, 0.2) is 0 Å². The fourth-order valence-electron chi connectivity index (χ4n) is 1.01. The molecule has 0 aliphatic rings. The van der Waals surface area contributed by atoms with E-state index < -0.39 is 11.5 Å². The van der Waals surface area contributed by atoms with Crippen LogP contribution in [0.2, 0.25) is 0 Å². The molecule has 0 aliphatic heterocycles. The number of nitrogens with one attached hydrogen (secondary N) is 2. The van der Waals surface area contributed by atoms with Crippen LogP contribution >= 0.6 is 0 Å². The maximum atomic E-state index is 11.9. The topological polar surface area (TPSA) is 58.2 Å². The molecule has 2 N–H and O–H groups in total. The van der Waals surface area contributed by atoms with E-state index in [-0.39, 0.29) is 17.4 Å². The molecule has 0 aliphatic carbocycles. The molecule has 0 spiro atoms. The van der Waals surface area contributed by atoms with Gasteiger partial charge in [0.05, 0.1) is 0 Å². The molecule has 0 saturated heterocycles. The van der Waals surface area contributed by atoms with E-state index in [0.717, 1.165) is 6.42 Å². The normalized spacial score (nSPS) is 14.1. The van der Waals surface area contributed by atoms with Crippen molar-refractivity contribution in [1.82, 2.24) is 10.6 Å². The van der Waals surface area contributed by atoms with Gasteiger partial charge in [0.25, 0.3) is 0 Å². The van der Waals surface area contributed by atoms with Gasteiger partial charge in [-0.1, -0.05) is 27.7 Å². The van der Waals surface area contributed by atoms with Gasteiger partial charge in [-0.15, -0.1) is 0 Å². The van der Waals surface area contributed by atoms with Crippen molar-refractivity contribution >= 4 is 11.8 Å². The van der Waals surface area contributed by atoms with E-state index in [9.17, 15) is 9.59 Å². The summed E-state index contributed by atoms with van der Waals surface area (Å²) in [5, 5.41) is 5.62. The Morgan fingerprint density at radius 1 is 1.12 bits per heavy atom. The average Bonchev–Trinajstić information content (AvgIpc) is 2.15. The fourth-order valence-corrected chi connectivity index (χ4v) is 1.01. The summed E-state index contributed by atoms with van der Waals surface area (Å²) in [5.41, 5.74) is -0.716. The summed E-state index contributed by atoms with van der Waals surface area (Å²) in [6.07, 6.45) is 0.846. The Bertz CT molecular complexity index is 290. The van der Waals surface area contributed by atoms with Crippen LogP contribution in [0.1, 0.15) is 54.9 Å². The van der Waals surface area contributed by atoms with E-state index in [1.54, 1.807) is 6.92 Å². The van der Waals surface area contributed by atoms with Crippen LogP contribution < -0.4 is 10.6 Å². The van der Waals surface area contributed by atoms with Gasteiger partial charge in [0.15, 0.2) is 0 Å². The van der Waals surface area contributed by atoms with Gasteiger partial charge in [-0.05, 0) is 27.2 Å². The summed E-state index contributed by atoms with van der Waals surface area (Å²) in [4.78, 5) is 23.6. The molecule has 0 saturated carbocycles. The minimum atomic E-state index is -0.507. The summed E-state index contributed by atoms with van der Waals surface area (Å²) in [6.45, 7) is 13.1. The molecular weight excluding hydrogens is 216 g/mol. The smallest absolute Gasteiger partial charge is 0.242 e. The SMILES string of the molecule is CCC(C)(C)NC(=O)C(C)NC(=O)C(C)(C)C. The quantitative estimate of drug-likeness (QED) is 0.790. The first-order valence-electron chi connectivity index (χ1n) is 6.12. The minimum absolute atomic E-state index is 0.116.